The monoisotopic (exact) mass is 412 g/mol. The standard InChI is InChI=1S/C22H25N3O3S/c1-15(26)16-6-8-17(9-7-16)21(27)25(13-5-12-24(2)3)22-23-19-14-18(28-4)10-11-20(19)29-22/h6-11,14H,5,12-13H2,1-4H3/p+1. The van der Waals surface area contributed by atoms with Gasteiger partial charge in [-0.1, -0.05) is 23.5 Å². The second kappa shape index (κ2) is 9.15. The quantitative estimate of drug-likeness (QED) is 0.578. The molecule has 0 fully saturated rings. The molecule has 29 heavy (non-hydrogen) atoms. The van der Waals surface area contributed by atoms with Gasteiger partial charge in [-0.3, -0.25) is 14.5 Å². The molecule has 0 atom stereocenters. The molecule has 3 rings (SSSR count). The average molecular weight is 413 g/mol. The van der Waals surface area contributed by atoms with Gasteiger partial charge in [0.25, 0.3) is 5.91 Å². The molecule has 6 nitrogen and oxygen atoms in total. The fourth-order valence-electron chi connectivity index (χ4n) is 3.02. The first-order valence-corrected chi connectivity index (χ1v) is 10.4. The van der Waals surface area contributed by atoms with Gasteiger partial charge in [0.15, 0.2) is 10.9 Å². The lowest BCUT2D eigenvalue weighted by atomic mass is 10.1. The van der Waals surface area contributed by atoms with Crippen molar-refractivity contribution in [3.8, 4) is 5.75 Å². The number of thiazole rings is 1. The number of Topliss-reactive ketones (excluding diaryl/α,β-unsaturated/α-hetero) is 1. The first-order chi connectivity index (χ1) is 13.9. The lowest BCUT2D eigenvalue weighted by Gasteiger charge is -2.20. The van der Waals surface area contributed by atoms with Crippen LogP contribution < -0.4 is 14.5 Å². The summed E-state index contributed by atoms with van der Waals surface area (Å²) in [5.41, 5.74) is 1.95. The number of methoxy groups -OCH3 is 1. The predicted octanol–water partition coefficient (Wildman–Crippen LogP) is 2.69. The van der Waals surface area contributed by atoms with E-state index in [1.807, 2.05) is 18.2 Å². The van der Waals surface area contributed by atoms with Crippen LogP contribution in [0.5, 0.6) is 5.75 Å². The van der Waals surface area contributed by atoms with Crippen molar-refractivity contribution >= 4 is 38.4 Å². The number of amides is 1. The van der Waals surface area contributed by atoms with Crippen LogP contribution in [0.1, 0.15) is 34.1 Å². The number of quaternary nitrogens is 1. The summed E-state index contributed by atoms with van der Waals surface area (Å²) in [6, 6.07) is 12.5. The van der Waals surface area contributed by atoms with Gasteiger partial charge in [0.2, 0.25) is 0 Å². The van der Waals surface area contributed by atoms with E-state index in [1.165, 1.54) is 23.2 Å². The molecular weight excluding hydrogens is 386 g/mol. The van der Waals surface area contributed by atoms with Crippen molar-refractivity contribution in [2.45, 2.75) is 13.3 Å². The van der Waals surface area contributed by atoms with Gasteiger partial charge in [0.1, 0.15) is 5.75 Å². The second-order valence-electron chi connectivity index (χ2n) is 7.23. The molecule has 0 spiro atoms. The highest BCUT2D eigenvalue weighted by atomic mass is 32.1. The smallest absolute Gasteiger partial charge is 0.260 e. The number of benzene rings is 2. The molecule has 0 bridgehead atoms. The van der Waals surface area contributed by atoms with Gasteiger partial charge in [0, 0.05) is 30.2 Å². The number of ether oxygens (including phenoxy) is 1. The lowest BCUT2D eigenvalue weighted by Crippen LogP contribution is -3.05. The molecule has 1 aromatic heterocycles. The Hall–Kier alpha value is -2.77. The fourth-order valence-corrected chi connectivity index (χ4v) is 3.99. The van der Waals surface area contributed by atoms with E-state index in [4.69, 9.17) is 9.72 Å². The van der Waals surface area contributed by atoms with E-state index in [-0.39, 0.29) is 11.7 Å². The molecule has 0 aliphatic rings. The number of nitrogens with one attached hydrogen (secondary N) is 1. The Morgan fingerprint density at radius 2 is 1.79 bits per heavy atom. The summed E-state index contributed by atoms with van der Waals surface area (Å²) in [4.78, 5) is 32.6. The van der Waals surface area contributed by atoms with Crippen LogP contribution in [-0.4, -0.2) is 51.0 Å². The summed E-state index contributed by atoms with van der Waals surface area (Å²) in [7, 11) is 5.81. The van der Waals surface area contributed by atoms with Gasteiger partial charge < -0.3 is 9.64 Å². The van der Waals surface area contributed by atoms with Crippen LogP contribution in [0.3, 0.4) is 0 Å². The largest absolute Gasteiger partial charge is 0.497 e. The lowest BCUT2D eigenvalue weighted by molar-refractivity contribution is -0.858. The van der Waals surface area contributed by atoms with Gasteiger partial charge >= 0.3 is 0 Å². The maximum absolute atomic E-state index is 13.3. The third-order valence-corrected chi connectivity index (χ3v) is 5.72. The normalized spacial score (nSPS) is 11.1. The molecule has 1 heterocycles. The van der Waals surface area contributed by atoms with Crippen molar-refractivity contribution in [1.82, 2.24) is 4.98 Å². The summed E-state index contributed by atoms with van der Waals surface area (Å²) >= 11 is 1.49. The van der Waals surface area contributed by atoms with E-state index < -0.39 is 0 Å². The number of nitrogens with zero attached hydrogens (tertiary/aromatic N) is 2. The van der Waals surface area contributed by atoms with E-state index in [0.717, 1.165) is 28.9 Å². The third kappa shape index (κ3) is 4.99. The van der Waals surface area contributed by atoms with Gasteiger partial charge in [-0.15, -0.1) is 0 Å². The molecule has 1 amide bonds. The highest BCUT2D eigenvalue weighted by molar-refractivity contribution is 7.22. The average Bonchev–Trinajstić information content (AvgIpc) is 3.13. The SMILES string of the molecule is COc1ccc2sc(N(CCC[NH+](C)C)C(=O)c3ccc(C(C)=O)cc3)nc2c1. The Labute approximate surface area is 174 Å². The third-order valence-electron chi connectivity index (χ3n) is 4.66. The van der Waals surface area contributed by atoms with Crippen LogP contribution in [0, 0.1) is 0 Å². The molecular formula is C22H26N3O3S+. The molecule has 0 aliphatic carbocycles. The summed E-state index contributed by atoms with van der Waals surface area (Å²) in [6.45, 7) is 3.04. The van der Waals surface area contributed by atoms with E-state index in [0.29, 0.717) is 22.8 Å². The Morgan fingerprint density at radius 1 is 1.10 bits per heavy atom. The molecule has 152 valence electrons. The maximum atomic E-state index is 13.3. The van der Waals surface area contributed by atoms with Crippen molar-refractivity contribution < 1.29 is 19.2 Å². The minimum Gasteiger partial charge on any atom is -0.497 e. The van der Waals surface area contributed by atoms with E-state index in [1.54, 1.807) is 36.3 Å². The molecule has 0 unspecified atom stereocenters. The molecule has 0 saturated heterocycles. The molecule has 0 radical (unpaired) electrons. The Bertz CT molecular complexity index is 1010. The van der Waals surface area contributed by atoms with Crippen molar-refractivity contribution in [3.05, 3.63) is 53.6 Å². The van der Waals surface area contributed by atoms with Gasteiger partial charge in [-0.2, -0.15) is 0 Å². The summed E-state index contributed by atoms with van der Waals surface area (Å²) in [5, 5.41) is 0.669. The highest BCUT2D eigenvalue weighted by Crippen LogP contribution is 2.32. The van der Waals surface area contributed by atoms with Crippen LogP contribution in [0.15, 0.2) is 42.5 Å². The number of ketones is 1. The van der Waals surface area contributed by atoms with Crippen LogP contribution in [0.25, 0.3) is 10.2 Å². The van der Waals surface area contributed by atoms with Crippen LogP contribution in [0.4, 0.5) is 5.13 Å². The topological polar surface area (TPSA) is 63.9 Å². The van der Waals surface area contributed by atoms with Crippen LogP contribution in [0.2, 0.25) is 0 Å². The molecule has 0 saturated carbocycles. The van der Waals surface area contributed by atoms with Crippen molar-refractivity contribution in [2.24, 2.45) is 0 Å². The minimum absolute atomic E-state index is 0.0186. The van der Waals surface area contributed by atoms with Gasteiger partial charge in [-0.05, 0) is 31.2 Å². The number of anilines is 1. The maximum Gasteiger partial charge on any atom is 0.260 e. The van der Waals surface area contributed by atoms with E-state index in [2.05, 4.69) is 14.1 Å². The first kappa shape index (κ1) is 21.0. The fraction of sp³-hybridized carbons (Fsp3) is 0.318. The van der Waals surface area contributed by atoms with Crippen LogP contribution >= 0.6 is 11.3 Å². The Balaban J connectivity index is 1.92. The number of hydrogen-bond donors (Lipinski definition) is 1. The van der Waals surface area contributed by atoms with Crippen LogP contribution in [-0.2, 0) is 0 Å². The zero-order valence-electron chi connectivity index (χ0n) is 17.2. The molecule has 7 heteroatoms. The zero-order chi connectivity index (χ0) is 21.0. The Kier molecular flexibility index (Phi) is 6.61. The first-order valence-electron chi connectivity index (χ1n) is 9.55. The van der Waals surface area contributed by atoms with E-state index >= 15 is 0 Å². The molecule has 1 N–H and O–H groups in total. The minimum atomic E-state index is -0.111. The zero-order valence-corrected chi connectivity index (χ0v) is 18.0. The molecule has 2 aromatic carbocycles. The molecule has 0 aliphatic heterocycles. The number of rotatable bonds is 8. The second-order valence-corrected chi connectivity index (χ2v) is 8.24. The summed E-state index contributed by atoms with van der Waals surface area (Å²) in [6.07, 6.45) is 0.860. The number of carbonyl (C=O) groups is 2. The Morgan fingerprint density at radius 3 is 2.41 bits per heavy atom. The number of carbonyl (C=O) groups excluding carboxylic acids is 2. The predicted molar refractivity (Wildman–Crippen MR) is 117 cm³/mol. The number of hydrogen-bond acceptors (Lipinski definition) is 5. The summed E-state index contributed by atoms with van der Waals surface area (Å²) in [5.74, 6) is 0.609. The molecule has 3 aromatic rings. The van der Waals surface area contributed by atoms with E-state index in [9.17, 15) is 9.59 Å². The van der Waals surface area contributed by atoms with Crippen molar-refractivity contribution in [2.75, 3.05) is 39.2 Å². The summed E-state index contributed by atoms with van der Waals surface area (Å²) < 4.78 is 6.29. The van der Waals surface area contributed by atoms with Gasteiger partial charge in [-0.25, -0.2) is 4.98 Å². The number of aromatic nitrogens is 1. The number of fused-ring (bicyclic) bond motifs is 1. The van der Waals surface area contributed by atoms with Crippen molar-refractivity contribution in [3.63, 3.8) is 0 Å². The highest BCUT2D eigenvalue weighted by Gasteiger charge is 2.22. The van der Waals surface area contributed by atoms with Crippen molar-refractivity contribution in [1.29, 1.82) is 0 Å². The van der Waals surface area contributed by atoms with Gasteiger partial charge in [0.05, 0.1) is 38.0 Å².